The molecule has 0 unspecified atom stereocenters. The van der Waals surface area contributed by atoms with Gasteiger partial charge in [-0.25, -0.2) is 0 Å². The number of aryl methyl sites for hydroxylation is 2. The van der Waals surface area contributed by atoms with Gasteiger partial charge in [-0.2, -0.15) is 0 Å². The maximum absolute atomic E-state index is 5.85. The molecule has 2 aromatic carbocycles. The number of pyridine rings is 1. The lowest BCUT2D eigenvalue weighted by atomic mass is 10.1. The second-order valence-corrected chi connectivity index (χ2v) is 7.67. The lowest BCUT2D eigenvalue weighted by Gasteiger charge is -2.13. The maximum Gasteiger partial charge on any atom is 0.120 e. The Labute approximate surface area is 166 Å². The van der Waals surface area contributed by atoms with Crippen molar-refractivity contribution >= 4 is 27.5 Å². The molecule has 144 valence electrons. The standard InChI is InChI=1S/C24H27N3O/c1-16(2)28-19-6-7-22-21(14-19)23(10-12-26-22)25-11-9-18-15-27(4)24-8-5-17(3)13-20(18)24/h5-8,10,12-16H,9,11H2,1-4H3,(H,25,26). The van der Waals surface area contributed by atoms with Crippen molar-refractivity contribution < 1.29 is 4.74 Å². The summed E-state index contributed by atoms with van der Waals surface area (Å²) in [7, 11) is 2.11. The highest BCUT2D eigenvalue weighted by molar-refractivity contribution is 5.92. The van der Waals surface area contributed by atoms with Crippen LogP contribution in [-0.4, -0.2) is 22.2 Å². The Morgan fingerprint density at radius 1 is 1.07 bits per heavy atom. The predicted molar refractivity (Wildman–Crippen MR) is 117 cm³/mol. The molecule has 0 saturated carbocycles. The zero-order chi connectivity index (χ0) is 19.7. The minimum atomic E-state index is 0.153. The molecule has 0 spiro atoms. The van der Waals surface area contributed by atoms with E-state index in [9.17, 15) is 0 Å². The van der Waals surface area contributed by atoms with Gasteiger partial charge in [0.15, 0.2) is 0 Å². The maximum atomic E-state index is 5.85. The summed E-state index contributed by atoms with van der Waals surface area (Å²) in [5, 5.41) is 6.04. The van der Waals surface area contributed by atoms with Crippen LogP contribution in [0.25, 0.3) is 21.8 Å². The fourth-order valence-electron chi connectivity index (χ4n) is 3.74. The molecule has 0 aliphatic rings. The van der Waals surface area contributed by atoms with Crippen molar-refractivity contribution in [1.29, 1.82) is 0 Å². The largest absolute Gasteiger partial charge is 0.491 e. The van der Waals surface area contributed by atoms with Gasteiger partial charge in [-0.1, -0.05) is 11.6 Å². The van der Waals surface area contributed by atoms with Gasteiger partial charge in [0, 0.05) is 48.0 Å². The minimum absolute atomic E-state index is 0.153. The molecule has 0 saturated heterocycles. The van der Waals surface area contributed by atoms with Crippen LogP contribution in [0.5, 0.6) is 5.75 Å². The van der Waals surface area contributed by atoms with E-state index in [1.165, 1.54) is 22.0 Å². The number of benzene rings is 2. The second kappa shape index (κ2) is 7.55. The Kier molecular flexibility index (Phi) is 4.95. The molecule has 0 aliphatic carbocycles. The van der Waals surface area contributed by atoms with Crippen LogP contribution in [0.2, 0.25) is 0 Å². The number of nitrogens with zero attached hydrogens (tertiary/aromatic N) is 2. The summed E-state index contributed by atoms with van der Waals surface area (Å²) < 4.78 is 8.06. The molecular weight excluding hydrogens is 346 g/mol. The smallest absolute Gasteiger partial charge is 0.120 e. The molecule has 4 aromatic rings. The lowest BCUT2D eigenvalue weighted by molar-refractivity contribution is 0.243. The van der Waals surface area contributed by atoms with E-state index in [-0.39, 0.29) is 6.10 Å². The van der Waals surface area contributed by atoms with Gasteiger partial charge >= 0.3 is 0 Å². The average Bonchev–Trinajstić information content (AvgIpc) is 2.96. The van der Waals surface area contributed by atoms with Gasteiger partial charge in [-0.3, -0.25) is 4.98 Å². The van der Waals surface area contributed by atoms with Gasteiger partial charge < -0.3 is 14.6 Å². The molecule has 1 N–H and O–H groups in total. The third-order valence-corrected chi connectivity index (χ3v) is 5.02. The van der Waals surface area contributed by atoms with Crippen LogP contribution in [0.1, 0.15) is 25.0 Å². The number of ether oxygens (including phenoxy) is 1. The van der Waals surface area contributed by atoms with Gasteiger partial charge in [0.05, 0.1) is 11.6 Å². The number of hydrogen-bond acceptors (Lipinski definition) is 3. The topological polar surface area (TPSA) is 39.1 Å². The fourth-order valence-corrected chi connectivity index (χ4v) is 3.74. The van der Waals surface area contributed by atoms with E-state index in [2.05, 4.69) is 59.3 Å². The van der Waals surface area contributed by atoms with Crippen molar-refractivity contribution in [1.82, 2.24) is 9.55 Å². The molecule has 2 aromatic heterocycles. The first-order chi connectivity index (χ1) is 13.5. The van der Waals surface area contributed by atoms with E-state index in [4.69, 9.17) is 4.74 Å². The second-order valence-electron chi connectivity index (χ2n) is 7.67. The van der Waals surface area contributed by atoms with E-state index in [0.717, 1.165) is 35.3 Å². The molecule has 4 nitrogen and oxygen atoms in total. The number of fused-ring (bicyclic) bond motifs is 2. The number of aromatic nitrogens is 2. The first-order valence-corrected chi connectivity index (χ1v) is 9.85. The molecule has 0 atom stereocenters. The third-order valence-electron chi connectivity index (χ3n) is 5.02. The van der Waals surface area contributed by atoms with Crippen molar-refractivity contribution in [2.75, 3.05) is 11.9 Å². The summed E-state index contributed by atoms with van der Waals surface area (Å²) in [5.74, 6) is 0.878. The average molecular weight is 374 g/mol. The number of nitrogens with one attached hydrogen (secondary N) is 1. The van der Waals surface area contributed by atoms with Crippen LogP contribution in [0.15, 0.2) is 54.9 Å². The summed E-state index contributed by atoms with van der Waals surface area (Å²) in [6.07, 6.45) is 5.22. The van der Waals surface area contributed by atoms with Crippen LogP contribution in [-0.2, 0) is 13.5 Å². The normalized spacial score (nSPS) is 11.5. The van der Waals surface area contributed by atoms with E-state index >= 15 is 0 Å². The van der Waals surface area contributed by atoms with E-state index in [1.807, 2.05) is 38.2 Å². The highest BCUT2D eigenvalue weighted by atomic mass is 16.5. The SMILES string of the molecule is Cc1ccc2c(c1)c(CCNc1ccnc3ccc(OC(C)C)cc13)cn2C. The van der Waals surface area contributed by atoms with Crippen LogP contribution in [0, 0.1) is 6.92 Å². The molecule has 0 amide bonds. The minimum Gasteiger partial charge on any atom is -0.491 e. The number of hydrogen-bond donors (Lipinski definition) is 1. The number of anilines is 1. The zero-order valence-electron chi connectivity index (χ0n) is 17.0. The fraction of sp³-hybridized carbons (Fsp3) is 0.292. The summed E-state index contributed by atoms with van der Waals surface area (Å²) >= 11 is 0. The van der Waals surface area contributed by atoms with Crippen molar-refractivity contribution in [2.24, 2.45) is 7.05 Å². The molecule has 0 bridgehead atoms. The third kappa shape index (κ3) is 3.68. The Morgan fingerprint density at radius 3 is 2.75 bits per heavy atom. The van der Waals surface area contributed by atoms with Crippen molar-refractivity contribution in [3.8, 4) is 5.75 Å². The Morgan fingerprint density at radius 2 is 1.93 bits per heavy atom. The monoisotopic (exact) mass is 373 g/mol. The molecule has 28 heavy (non-hydrogen) atoms. The van der Waals surface area contributed by atoms with Gasteiger partial charge in [0.1, 0.15) is 5.75 Å². The number of rotatable bonds is 6. The molecule has 2 heterocycles. The van der Waals surface area contributed by atoms with Crippen molar-refractivity contribution in [3.05, 3.63) is 66.0 Å². The summed E-state index contributed by atoms with van der Waals surface area (Å²) in [6, 6.07) is 14.8. The molecule has 0 aliphatic heterocycles. The highest BCUT2D eigenvalue weighted by Gasteiger charge is 2.08. The van der Waals surface area contributed by atoms with Gasteiger partial charge in [-0.15, -0.1) is 0 Å². The van der Waals surface area contributed by atoms with Gasteiger partial charge in [0.25, 0.3) is 0 Å². The molecule has 4 heteroatoms. The van der Waals surface area contributed by atoms with Crippen LogP contribution < -0.4 is 10.1 Å². The Bertz CT molecular complexity index is 1130. The quantitative estimate of drug-likeness (QED) is 0.487. The molecule has 0 fully saturated rings. The Hall–Kier alpha value is -3.01. The van der Waals surface area contributed by atoms with Crippen molar-refractivity contribution in [3.63, 3.8) is 0 Å². The summed E-state index contributed by atoms with van der Waals surface area (Å²) in [5.41, 5.74) is 6.02. The highest BCUT2D eigenvalue weighted by Crippen LogP contribution is 2.27. The van der Waals surface area contributed by atoms with Crippen LogP contribution >= 0.6 is 0 Å². The van der Waals surface area contributed by atoms with Gasteiger partial charge in [0.2, 0.25) is 0 Å². The molecular formula is C24H27N3O. The van der Waals surface area contributed by atoms with Crippen molar-refractivity contribution in [2.45, 2.75) is 33.3 Å². The summed E-state index contributed by atoms with van der Waals surface area (Å²) in [4.78, 5) is 4.48. The molecule has 0 radical (unpaired) electrons. The van der Waals surface area contributed by atoms with E-state index in [0.29, 0.717) is 0 Å². The van der Waals surface area contributed by atoms with Crippen LogP contribution in [0.3, 0.4) is 0 Å². The first kappa shape index (κ1) is 18.4. The van der Waals surface area contributed by atoms with E-state index < -0.39 is 0 Å². The predicted octanol–water partition coefficient (Wildman–Crippen LogP) is 5.48. The zero-order valence-corrected chi connectivity index (χ0v) is 17.0. The summed E-state index contributed by atoms with van der Waals surface area (Å²) in [6.45, 7) is 7.09. The molecule has 4 rings (SSSR count). The Balaban J connectivity index is 1.55. The lowest BCUT2D eigenvalue weighted by Crippen LogP contribution is -2.07. The van der Waals surface area contributed by atoms with E-state index in [1.54, 1.807) is 0 Å². The van der Waals surface area contributed by atoms with Crippen LogP contribution in [0.4, 0.5) is 5.69 Å². The first-order valence-electron chi connectivity index (χ1n) is 9.85. The van der Waals surface area contributed by atoms with Gasteiger partial charge in [-0.05, 0) is 69.2 Å².